The molecule has 2 aromatic carbocycles. The highest BCUT2D eigenvalue weighted by Crippen LogP contribution is 2.33. The number of hydrogen-bond donors (Lipinski definition) is 1. The van der Waals surface area contributed by atoms with Crippen molar-refractivity contribution in [3.8, 4) is 0 Å². The highest BCUT2D eigenvalue weighted by Gasteiger charge is 2.41. The number of nitrogens with zero attached hydrogens (tertiary/aromatic N) is 2. The minimum atomic E-state index is -0.374. The fourth-order valence-electron chi connectivity index (χ4n) is 2.81. The van der Waals surface area contributed by atoms with Crippen molar-refractivity contribution in [2.24, 2.45) is 0 Å². The predicted octanol–water partition coefficient (Wildman–Crippen LogP) is 1.90. The molecule has 3 rings (SSSR count). The van der Waals surface area contributed by atoms with Crippen LogP contribution in [-0.4, -0.2) is 42.0 Å². The molecule has 2 amide bonds. The van der Waals surface area contributed by atoms with Crippen LogP contribution in [0.2, 0.25) is 0 Å². The van der Waals surface area contributed by atoms with Crippen LogP contribution in [0.15, 0.2) is 66.4 Å². The number of imide groups is 1. The summed E-state index contributed by atoms with van der Waals surface area (Å²) in [6, 6.07) is 18.0. The van der Waals surface area contributed by atoms with Crippen LogP contribution >= 0.6 is 0 Å². The van der Waals surface area contributed by atoms with E-state index < -0.39 is 0 Å². The third kappa shape index (κ3) is 2.70. The van der Waals surface area contributed by atoms with Crippen LogP contribution in [0.25, 0.3) is 5.57 Å². The first-order chi connectivity index (χ1) is 11.6. The maximum Gasteiger partial charge on any atom is 0.282 e. The fourth-order valence-corrected chi connectivity index (χ4v) is 2.81. The summed E-state index contributed by atoms with van der Waals surface area (Å²) >= 11 is 0. The van der Waals surface area contributed by atoms with Gasteiger partial charge >= 0.3 is 0 Å². The third-order valence-electron chi connectivity index (χ3n) is 3.95. The first kappa shape index (κ1) is 16.0. The minimum absolute atomic E-state index is 0.102. The molecule has 2 aromatic rings. The third-order valence-corrected chi connectivity index (χ3v) is 3.95. The van der Waals surface area contributed by atoms with Crippen LogP contribution in [0.3, 0.4) is 0 Å². The molecule has 1 heterocycles. The number of likely N-dealkylation sites (N-methyl/N-ethyl adjacent to an activating group) is 1. The van der Waals surface area contributed by atoms with E-state index in [1.807, 2.05) is 36.4 Å². The smallest absolute Gasteiger partial charge is 0.282 e. The second-order valence-electron chi connectivity index (χ2n) is 5.52. The molecule has 1 N–H and O–H groups in total. The van der Waals surface area contributed by atoms with Crippen molar-refractivity contribution in [1.29, 1.82) is 0 Å². The van der Waals surface area contributed by atoms with E-state index in [0.29, 0.717) is 22.5 Å². The Morgan fingerprint density at radius 3 is 2.08 bits per heavy atom. The molecule has 0 saturated carbocycles. The zero-order valence-corrected chi connectivity index (χ0v) is 13.3. The predicted molar refractivity (Wildman–Crippen MR) is 92.0 cm³/mol. The van der Waals surface area contributed by atoms with Gasteiger partial charge in [0.05, 0.1) is 17.9 Å². The zero-order valence-electron chi connectivity index (χ0n) is 13.3. The highest BCUT2D eigenvalue weighted by molar-refractivity contribution is 6.45. The molecule has 24 heavy (non-hydrogen) atoms. The van der Waals surface area contributed by atoms with Gasteiger partial charge in [0.2, 0.25) is 0 Å². The van der Waals surface area contributed by atoms with Crippen LogP contribution in [0.4, 0.5) is 5.69 Å². The van der Waals surface area contributed by atoms with E-state index >= 15 is 0 Å². The van der Waals surface area contributed by atoms with Gasteiger partial charge in [-0.05, 0) is 17.7 Å². The Labute approximate surface area is 140 Å². The van der Waals surface area contributed by atoms with Gasteiger partial charge in [0, 0.05) is 13.6 Å². The highest BCUT2D eigenvalue weighted by atomic mass is 16.3. The SMILES string of the molecule is CN(CCO)C1=C(c2ccccc2)C(=O)N(c2ccccc2)C1=O. The lowest BCUT2D eigenvalue weighted by molar-refractivity contribution is -0.120. The second kappa shape index (κ2) is 6.68. The maximum atomic E-state index is 13.0. The van der Waals surface area contributed by atoms with Gasteiger partial charge in [-0.3, -0.25) is 9.59 Å². The first-order valence-electron chi connectivity index (χ1n) is 7.70. The van der Waals surface area contributed by atoms with E-state index in [1.165, 1.54) is 4.90 Å². The van der Waals surface area contributed by atoms with Gasteiger partial charge in [0.1, 0.15) is 5.70 Å². The molecule has 5 nitrogen and oxygen atoms in total. The second-order valence-corrected chi connectivity index (χ2v) is 5.52. The van der Waals surface area contributed by atoms with Crippen LogP contribution in [0.5, 0.6) is 0 Å². The molecular formula is C19H18N2O3. The van der Waals surface area contributed by atoms with Gasteiger partial charge < -0.3 is 10.0 Å². The molecule has 1 aliphatic rings. The van der Waals surface area contributed by atoms with E-state index in [1.54, 1.807) is 36.2 Å². The summed E-state index contributed by atoms with van der Waals surface area (Å²) in [6.45, 7) is 0.169. The van der Waals surface area contributed by atoms with Crippen molar-refractivity contribution in [1.82, 2.24) is 4.90 Å². The molecular weight excluding hydrogens is 304 g/mol. The van der Waals surface area contributed by atoms with E-state index in [2.05, 4.69) is 0 Å². The van der Waals surface area contributed by atoms with Crippen molar-refractivity contribution in [2.45, 2.75) is 0 Å². The number of carbonyl (C=O) groups is 2. The van der Waals surface area contributed by atoms with Crippen molar-refractivity contribution >= 4 is 23.1 Å². The minimum Gasteiger partial charge on any atom is -0.395 e. The topological polar surface area (TPSA) is 60.9 Å². The van der Waals surface area contributed by atoms with Crippen LogP contribution in [0, 0.1) is 0 Å². The van der Waals surface area contributed by atoms with Gasteiger partial charge in [0.15, 0.2) is 0 Å². The van der Waals surface area contributed by atoms with Gasteiger partial charge in [0.25, 0.3) is 11.8 Å². The quantitative estimate of drug-likeness (QED) is 0.854. The maximum absolute atomic E-state index is 13.0. The van der Waals surface area contributed by atoms with Crippen molar-refractivity contribution in [3.63, 3.8) is 0 Å². The van der Waals surface area contributed by atoms with Gasteiger partial charge in [-0.25, -0.2) is 4.90 Å². The molecule has 122 valence electrons. The molecule has 5 heteroatoms. The molecule has 0 spiro atoms. The average molecular weight is 322 g/mol. The summed E-state index contributed by atoms with van der Waals surface area (Å²) in [5, 5.41) is 9.21. The Morgan fingerprint density at radius 2 is 1.50 bits per heavy atom. The van der Waals surface area contributed by atoms with Crippen molar-refractivity contribution < 1.29 is 14.7 Å². The lowest BCUT2D eigenvalue weighted by Crippen LogP contribution is -2.34. The molecule has 0 aliphatic carbocycles. The van der Waals surface area contributed by atoms with Crippen LogP contribution in [0.1, 0.15) is 5.56 Å². The fraction of sp³-hybridized carbons (Fsp3) is 0.158. The number of aliphatic hydroxyl groups excluding tert-OH is 1. The van der Waals surface area contributed by atoms with E-state index in [0.717, 1.165) is 0 Å². The Morgan fingerprint density at radius 1 is 0.917 bits per heavy atom. The van der Waals surface area contributed by atoms with Crippen LogP contribution < -0.4 is 4.90 Å². The van der Waals surface area contributed by atoms with E-state index in [9.17, 15) is 14.7 Å². The number of hydrogen-bond acceptors (Lipinski definition) is 4. The summed E-state index contributed by atoms with van der Waals surface area (Å²) in [4.78, 5) is 28.8. The monoisotopic (exact) mass is 322 g/mol. The van der Waals surface area contributed by atoms with Crippen molar-refractivity contribution in [3.05, 3.63) is 71.9 Å². The van der Waals surface area contributed by atoms with Gasteiger partial charge in [-0.2, -0.15) is 0 Å². The number of para-hydroxylation sites is 1. The molecule has 1 aliphatic heterocycles. The number of carbonyl (C=O) groups excluding carboxylic acids is 2. The molecule has 0 radical (unpaired) electrons. The van der Waals surface area contributed by atoms with E-state index in [4.69, 9.17) is 0 Å². The van der Waals surface area contributed by atoms with Gasteiger partial charge in [-0.15, -0.1) is 0 Å². The number of rotatable bonds is 5. The van der Waals surface area contributed by atoms with E-state index in [-0.39, 0.29) is 25.0 Å². The summed E-state index contributed by atoms with van der Waals surface area (Å²) in [7, 11) is 1.70. The molecule has 0 bridgehead atoms. The Bertz CT molecular complexity index is 785. The number of benzene rings is 2. The Hall–Kier alpha value is -2.92. The summed E-state index contributed by atoms with van der Waals surface area (Å²) in [5.74, 6) is -0.724. The molecule has 0 unspecified atom stereocenters. The Kier molecular flexibility index (Phi) is 4.44. The zero-order chi connectivity index (χ0) is 17.1. The summed E-state index contributed by atoms with van der Waals surface area (Å²) in [5.41, 5.74) is 1.90. The molecule has 0 atom stereocenters. The first-order valence-corrected chi connectivity index (χ1v) is 7.70. The van der Waals surface area contributed by atoms with Crippen LogP contribution in [-0.2, 0) is 9.59 Å². The lowest BCUT2D eigenvalue weighted by Gasteiger charge is -2.20. The summed E-state index contributed by atoms with van der Waals surface area (Å²) in [6.07, 6.45) is 0. The molecule has 0 aromatic heterocycles. The van der Waals surface area contributed by atoms with Crippen molar-refractivity contribution in [2.75, 3.05) is 25.1 Å². The molecule has 0 fully saturated rings. The standard InChI is InChI=1S/C19H18N2O3/c1-20(12-13-22)17-16(14-8-4-2-5-9-14)18(23)21(19(17)24)15-10-6-3-7-11-15/h2-11,22H,12-13H2,1H3. The number of anilines is 1. The number of amides is 2. The lowest BCUT2D eigenvalue weighted by atomic mass is 10.0. The number of aliphatic hydroxyl groups is 1. The molecule has 0 saturated heterocycles. The van der Waals surface area contributed by atoms with Gasteiger partial charge in [-0.1, -0.05) is 48.5 Å². The Balaban J connectivity index is 2.12. The summed E-state index contributed by atoms with van der Waals surface area (Å²) < 4.78 is 0. The largest absolute Gasteiger partial charge is 0.395 e. The normalized spacial score (nSPS) is 14.5. The average Bonchev–Trinajstić information content (AvgIpc) is 2.87.